The van der Waals surface area contributed by atoms with Crippen molar-refractivity contribution < 1.29 is 13.6 Å². The molecule has 0 saturated heterocycles. The third-order valence-corrected chi connectivity index (χ3v) is 8.04. The van der Waals surface area contributed by atoms with Gasteiger partial charge in [-0.1, -0.05) is 36.4 Å². The van der Waals surface area contributed by atoms with Crippen molar-refractivity contribution in [1.29, 1.82) is 0 Å². The van der Waals surface area contributed by atoms with Crippen LogP contribution in [0.3, 0.4) is 0 Å². The minimum atomic E-state index is -3.22. The molecule has 0 spiro atoms. The third-order valence-electron chi connectivity index (χ3n) is 5.71. The predicted molar refractivity (Wildman–Crippen MR) is 96.7 cm³/mol. The van der Waals surface area contributed by atoms with Gasteiger partial charge in [0.15, 0.2) is 0 Å². The van der Waals surface area contributed by atoms with Crippen molar-refractivity contribution in [2.45, 2.75) is 27.2 Å². The van der Waals surface area contributed by atoms with Crippen LogP contribution in [0.1, 0.15) is 31.4 Å². The molecule has 0 unspecified atom stereocenters. The highest BCUT2D eigenvalue weighted by atomic mass is 31.2. The molecule has 0 aliphatic heterocycles. The highest BCUT2D eigenvalue weighted by molar-refractivity contribution is 7.59. The molecule has 1 aromatic rings. The maximum absolute atomic E-state index is 13.6. The average Bonchev–Trinajstić information content (AvgIpc) is 3.07. The number of benzene rings is 1. The Morgan fingerprint density at radius 1 is 1.04 bits per heavy atom. The Bertz CT molecular complexity index is 754. The van der Waals surface area contributed by atoms with E-state index >= 15 is 0 Å². The van der Waals surface area contributed by atoms with E-state index in [9.17, 15) is 4.57 Å². The van der Waals surface area contributed by atoms with Crippen LogP contribution in [0.25, 0.3) is 5.57 Å². The SMILES string of the molecule is CCOP(=O)(OCC)C1=C(c2ccccc2C)[C@@H]2[C@H]1[C@H]1C=C[C@@H]2C1. The van der Waals surface area contributed by atoms with Gasteiger partial charge < -0.3 is 9.05 Å². The van der Waals surface area contributed by atoms with Gasteiger partial charge in [-0.05, 0) is 61.6 Å². The van der Waals surface area contributed by atoms with Crippen LogP contribution in [0.4, 0.5) is 0 Å². The van der Waals surface area contributed by atoms with Crippen molar-refractivity contribution >= 4 is 13.2 Å². The summed E-state index contributed by atoms with van der Waals surface area (Å²) in [5, 5.41) is 0.961. The summed E-state index contributed by atoms with van der Waals surface area (Å²) in [6, 6.07) is 8.40. The first kappa shape index (κ1) is 16.3. The maximum atomic E-state index is 13.6. The van der Waals surface area contributed by atoms with Gasteiger partial charge in [-0.15, -0.1) is 0 Å². The molecule has 4 rings (SSSR count). The molecule has 24 heavy (non-hydrogen) atoms. The van der Waals surface area contributed by atoms with Gasteiger partial charge in [0.1, 0.15) is 0 Å². The maximum Gasteiger partial charge on any atom is 0.357 e. The Morgan fingerprint density at radius 2 is 1.67 bits per heavy atom. The van der Waals surface area contributed by atoms with Gasteiger partial charge in [-0.25, -0.2) is 0 Å². The summed E-state index contributed by atoms with van der Waals surface area (Å²) in [6.45, 7) is 6.71. The predicted octanol–water partition coefficient (Wildman–Crippen LogP) is 5.42. The molecule has 0 N–H and O–H groups in total. The van der Waals surface area contributed by atoms with Crippen LogP contribution in [-0.4, -0.2) is 13.2 Å². The topological polar surface area (TPSA) is 35.5 Å². The largest absolute Gasteiger partial charge is 0.357 e. The lowest BCUT2D eigenvalue weighted by Gasteiger charge is -2.45. The smallest absolute Gasteiger partial charge is 0.306 e. The zero-order chi connectivity index (χ0) is 16.9. The molecule has 3 aliphatic rings. The molecule has 0 radical (unpaired) electrons. The quantitative estimate of drug-likeness (QED) is 0.510. The first-order chi connectivity index (χ1) is 11.6. The number of fused-ring (bicyclic) bond motifs is 5. The van der Waals surface area contributed by atoms with Crippen LogP contribution in [0.5, 0.6) is 0 Å². The first-order valence-electron chi connectivity index (χ1n) is 8.98. The van der Waals surface area contributed by atoms with Gasteiger partial charge in [0.25, 0.3) is 0 Å². The second-order valence-electron chi connectivity index (χ2n) is 6.95. The molecule has 1 saturated carbocycles. The zero-order valence-corrected chi connectivity index (χ0v) is 15.5. The Balaban J connectivity index is 1.87. The van der Waals surface area contributed by atoms with E-state index in [2.05, 4.69) is 43.3 Å². The van der Waals surface area contributed by atoms with Crippen LogP contribution in [0.2, 0.25) is 0 Å². The van der Waals surface area contributed by atoms with Crippen molar-refractivity contribution in [1.82, 2.24) is 0 Å². The first-order valence-corrected chi connectivity index (χ1v) is 10.5. The number of aryl methyl sites for hydroxylation is 1. The summed E-state index contributed by atoms with van der Waals surface area (Å²) in [6.07, 6.45) is 5.84. The summed E-state index contributed by atoms with van der Waals surface area (Å²) in [5.74, 6) is 1.89. The number of hydrogen-bond acceptors (Lipinski definition) is 3. The summed E-state index contributed by atoms with van der Waals surface area (Å²) >= 11 is 0. The Morgan fingerprint density at radius 3 is 2.29 bits per heavy atom. The van der Waals surface area contributed by atoms with E-state index in [1.807, 2.05) is 13.8 Å². The van der Waals surface area contributed by atoms with E-state index in [-0.39, 0.29) is 0 Å². The second-order valence-corrected chi connectivity index (χ2v) is 8.94. The lowest BCUT2D eigenvalue weighted by atomic mass is 9.66. The minimum Gasteiger partial charge on any atom is -0.306 e. The standard InChI is InChI=1S/C20H25O3P/c1-4-22-24(21,23-5-2)20-18-15-11-10-14(12-15)17(18)19(20)16-9-7-6-8-13(16)3/h6-11,14-15,17-18H,4-5,12H2,1-3H3/t14-,15+,17+,18-/m1/s1. The van der Waals surface area contributed by atoms with Gasteiger partial charge in [0.2, 0.25) is 0 Å². The van der Waals surface area contributed by atoms with Crippen LogP contribution < -0.4 is 0 Å². The van der Waals surface area contributed by atoms with E-state index < -0.39 is 7.60 Å². The number of hydrogen-bond donors (Lipinski definition) is 0. The Hall–Kier alpha value is -1.15. The molecule has 0 amide bonds. The summed E-state index contributed by atoms with van der Waals surface area (Å²) in [7, 11) is -3.22. The molecule has 4 heteroatoms. The molecular weight excluding hydrogens is 319 g/mol. The molecule has 3 nitrogen and oxygen atoms in total. The fourth-order valence-corrected chi connectivity index (χ4v) is 7.20. The zero-order valence-electron chi connectivity index (χ0n) is 14.6. The number of allylic oxidation sites excluding steroid dienone is 4. The lowest BCUT2D eigenvalue weighted by Crippen LogP contribution is -2.34. The van der Waals surface area contributed by atoms with Gasteiger partial charge >= 0.3 is 7.60 Å². The summed E-state index contributed by atoms with van der Waals surface area (Å²) in [5.41, 5.74) is 3.68. The van der Waals surface area contributed by atoms with Crippen molar-refractivity contribution in [2.24, 2.45) is 23.7 Å². The van der Waals surface area contributed by atoms with Crippen LogP contribution in [-0.2, 0) is 13.6 Å². The van der Waals surface area contributed by atoms with Crippen LogP contribution in [0, 0.1) is 30.6 Å². The molecule has 1 aromatic carbocycles. The van der Waals surface area contributed by atoms with E-state index in [0.717, 1.165) is 5.31 Å². The number of rotatable bonds is 6. The third kappa shape index (κ3) is 2.22. The Labute approximate surface area is 144 Å². The second kappa shape index (κ2) is 5.98. The molecule has 3 aliphatic carbocycles. The van der Waals surface area contributed by atoms with Gasteiger partial charge in [0.05, 0.1) is 18.5 Å². The summed E-state index contributed by atoms with van der Waals surface area (Å²) < 4.78 is 25.0. The van der Waals surface area contributed by atoms with Gasteiger partial charge in [-0.2, -0.15) is 0 Å². The molecule has 0 heterocycles. The molecule has 128 valence electrons. The normalized spacial score (nSPS) is 30.6. The highest BCUT2D eigenvalue weighted by Crippen LogP contribution is 2.75. The summed E-state index contributed by atoms with van der Waals surface area (Å²) in [4.78, 5) is 0. The van der Waals surface area contributed by atoms with Gasteiger partial charge in [-0.3, -0.25) is 4.57 Å². The fourth-order valence-electron chi connectivity index (χ4n) is 4.88. The van der Waals surface area contributed by atoms with Crippen molar-refractivity contribution in [3.05, 3.63) is 52.9 Å². The molecule has 2 bridgehead atoms. The van der Waals surface area contributed by atoms with E-state index in [1.54, 1.807) is 0 Å². The van der Waals surface area contributed by atoms with Crippen LogP contribution >= 0.6 is 7.60 Å². The van der Waals surface area contributed by atoms with Gasteiger partial charge in [0, 0.05) is 5.92 Å². The molecule has 4 atom stereocenters. The molecular formula is C20H25O3P. The van der Waals surface area contributed by atoms with Crippen LogP contribution in [0.15, 0.2) is 41.7 Å². The molecule has 1 fully saturated rings. The van der Waals surface area contributed by atoms with E-state index in [4.69, 9.17) is 9.05 Å². The van der Waals surface area contributed by atoms with Crippen molar-refractivity contribution in [3.8, 4) is 0 Å². The van der Waals surface area contributed by atoms with Crippen molar-refractivity contribution in [2.75, 3.05) is 13.2 Å². The lowest BCUT2D eigenvalue weighted by molar-refractivity contribution is 0.217. The Kier molecular flexibility index (Phi) is 4.07. The van der Waals surface area contributed by atoms with Crippen molar-refractivity contribution in [3.63, 3.8) is 0 Å². The molecule has 0 aromatic heterocycles. The monoisotopic (exact) mass is 344 g/mol. The fraction of sp³-hybridized carbons (Fsp3) is 0.500. The van der Waals surface area contributed by atoms with E-state index in [0.29, 0.717) is 36.9 Å². The average molecular weight is 344 g/mol. The highest BCUT2D eigenvalue weighted by Gasteiger charge is 2.60. The van der Waals surface area contributed by atoms with E-state index in [1.165, 1.54) is 23.1 Å². The minimum absolute atomic E-state index is 0.332.